The number of H-pyrrole nitrogens is 1. The highest BCUT2D eigenvalue weighted by Crippen LogP contribution is 2.19. The number of hydrogen-bond acceptors (Lipinski definition) is 4. The SMILES string of the molecule is Cc1cccc(NCc2c(C)c3nncn3[nH]c2=O)c1C. The minimum absolute atomic E-state index is 0.127. The topological polar surface area (TPSA) is 75.1 Å². The van der Waals surface area contributed by atoms with Gasteiger partial charge in [-0.25, -0.2) is 4.52 Å². The summed E-state index contributed by atoms with van der Waals surface area (Å²) in [6.07, 6.45) is 1.49. The largest absolute Gasteiger partial charge is 0.381 e. The fourth-order valence-electron chi connectivity index (χ4n) is 2.39. The molecule has 6 heteroatoms. The van der Waals surface area contributed by atoms with E-state index in [1.807, 2.05) is 19.1 Å². The molecule has 2 aromatic heterocycles. The molecular weight excluding hydrogens is 266 g/mol. The number of aromatic nitrogens is 4. The van der Waals surface area contributed by atoms with Crippen LogP contribution < -0.4 is 10.9 Å². The lowest BCUT2D eigenvalue weighted by Crippen LogP contribution is -2.21. The fraction of sp³-hybridized carbons (Fsp3) is 0.267. The number of aromatic amines is 1. The average molecular weight is 283 g/mol. The minimum atomic E-state index is -0.127. The van der Waals surface area contributed by atoms with Crippen molar-refractivity contribution in [3.05, 3.63) is 57.1 Å². The van der Waals surface area contributed by atoms with E-state index < -0.39 is 0 Å². The number of nitrogens with one attached hydrogen (secondary N) is 2. The average Bonchev–Trinajstić information content (AvgIpc) is 2.91. The number of fused-ring (bicyclic) bond motifs is 1. The molecule has 2 heterocycles. The molecule has 0 atom stereocenters. The molecule has 21 heavy (non-hydrogen) atoms. The van der Waals surface area contributed by atoms with Gasteiger partial charge in [0, 0.05) is 23.4 Å². The molecule has 0 fully saturated rings. The van der Waals surface area contributed by atoms with Gasteiger partial charge in [-0.05, 0) is 38.0 Å². The van der Waals surface area contributed by atoms with Gasteiger partial charge in [-0.2, -0.15) is 0 Å². The molecule has 0 saturated carbocycles. The molecule has 108 valence electrons. The van der Waals surface area contributed by atoms with E-state index in [1.54, 1.807) is 4.52 Å². The van der Waals surface area contributed by atoms with Crippen LogP contribution in [-0.4, -0.2) is 19.8 Å². The van der Waals surface area contributed by atoms with Crippen molar-refractivity contribution in [3.63, 3.8) is 0 Å². The molecule has 0 saturated heterocycles. The van der Waals surface area contributed by atoms with Crippen molar-refractivity contribution < 1.29 is 0 Å². The summed E-state index contributed by atoms with van der Waals surface area (Å²) in [6.45, 7) is 6.48. The predicted molar refractivity (Wildman–Crippen MR) is 81.6 cm³/mol. The van der Waals surface area contributed by atoms with Crippen LogP contribution in [0.2, 0.25) is 0 Å². The Bertz CT molecular complexity index is 862. The normalized spacial score (nSPS) is 11.0. The van der Waals surface area contributed by atoms with E-state index in [1.165, 1.54) is 17.5 Å². The van der Waals surface area contributed by atoms with Crippen LogP contribution in [0.4, 0.5) is 5.69 Å². The summed E-state index contributed by atoms with van der Waals surface area (Å²) in [5, 5.41) is 13.9. The van der Waals surface area contributed by atoms with Crippen LogP contribution in [0.15, 0.2) is 29.3 Å². The molecule has 0 radical (unpaired) electrons. The molecule has 0 aliphatic carbocycles. The van der Waals surface area contributed by atoms with Crippen LogP contribution >= 0.6 is 0 Å². The van der Waals surface area contributed by atoms with Crippen molar-refractivity contribution in [2.24, 2.45) is 0 Å². The molecular formula is C15H17N5O. The minimum Gasteiger partial charge on any atom is -0.381 e. The maximum atomic E-state index is 12.2. The lowest BCUT2D eigenvalue weighted by atomic mass is 10.1. The second kappa shape index (κ2) is 5.05. The van der Waals surface area contributed by atoms with Crippen molar-refractivity contribution in [1.82, 2.24) is 19.8 Å². The van der Waals surface area contributed by atoms with Gasteiger partial charge in [-0.1, -0.05) is 12.1 Å². The lowest BCUT2D eigenvalue weighted by Gasteiger charge is -2.12. The van der Waals surface area contributed by atoms with E-state index in [9.17, 15) is 4.79 Å². The number of rotatable bonds is 3. The van der Waals surface area contributed by atoms with Crippen LogP contribution in [0.3, 0.4) is 0 Å². The second-order valence-electron chi connectivity index (χ2n) is 5.17. The molecule has 0 bridgehead atoms. The van der Waals surface area contributed by atoms with Gasteiger partial charge in [-0.15, -0.1) is 10.2 Å². The summed E-state index contributed by atoms with van der Waals surface area (Å²) < 4.78 is 1.54. The van der Waals surface area contributed by atoms with Crippen LogP contribution in [0.25, 0.3) is 5.65 Å². The highest BCUT2D eigenvalue weighted by atomic mass is 16.1. The standard InChI is InChI=1S/C15H17N5O/c1-9-5-4-6-13(10(9)2)16-7-12-11(3)14-18-17-8-20(14)19-15(12)21/h4-6,8,16H,7H2,1-3H3,(H,19,21). The van der Waals surface area contributed by atoms with E-state index in [2.05, 4.69) is 40.5 Å². The first-order valence-electron chi connectivity index (χ1n) is 6.79. The van der Waals surface area contributed by atoms with E-state index in [0.29, 0.717) is 17.8 Å². The van der Waals surface area contributed by atoms with Gasteiger partial charge in [0.2, 0.25) is 0 Å². The Morgan fingerprint density at radius 1 is 1.24 bits per heavy atom. The Balaban J connectivity index is 1.95. The molecule has 2 N–H and O–H groups in total. The Hall–Kier alpha value is -2.63. The molecule has 0 spiro atoms. The molecule has 0 aliphatic rings. The smallest absolute Gasteiger partial charge is 0.268 e. The summed E-state index contributed by atoms with van der Waals surface area (Å²) in [5.41, 5.74) is 5.51. The monoisotopic (exact) mass is 283 g/mol. The predicted octanol–water partition coefficient (Wildman–Crippen LogP) is 1.95. The third-order valence-electron chi connectivity index (χ3n) is 3.89. The fourth-order valence-corrected chi connectivity index (χ4v) is 2.39. The van der Waals surface area contributed by atoms with Gasteiger partial charge in [0.25, 0.3) is 5.56 Å². The summed E-state index contributed by atoms with van der Waals surface area (Å²) in [4.78, 5) is 12.2. The molecule has 3 rings (SSSR count). The van der Waals surface area contributed by atoms with Gasteiger partial charge in [0.15, 0.2) is 5.65 Å². The molecule has 0 amide bonds. The van der Waals surface area contributed by atoms with E-state index in [-0.39, 0.29) is 5.56 Å². The highest BCUT2D eigenvalue weighted by molar-refractivity contribution is 5.55. The Kier molecular flexibility index (Phi) is 3.21. The van der Waals surface area contributed by atoms with Crippen molar-refractivity contribution >= 4 is 11.3 Å². The van der Waals surface area contributed by atoms with Crippen LogP contribution in [0.1, 0.15) is 22.3 Å². The van der Waals surface area contributed by atoms with Crippen molar-refractivity contribution in [1.29, 1.82) is 0 Å². The van der Waals surface area contributed by atoms with Crippen LogP contribution in [0.5, 0.6) is 0 Å². The van der Waals surface area contributed by atoms with Crippen molar-refractivity contribution in [3.8, 4) is 0 Å². The quantitative estimate of drug-likeness (QED) is 0.770. The second-order valence-corrected chi connectivity index (χ2v) is 5.17. The molecule has 6 nitrogen and oxygen atoms in total. The maximum absolute atomic E-state index is 12.2. The van der Waals surface area contributed by atoms with Gasteiger partial charge < -0.3 is 5.32 Å². The molecule has 1 aromatic carbocycles. The highest BCUT2D eigenvalue weighted by Gasteiger charge is 2.11. The third-order valence-corrected chi connectivity index (χ3v) is 3.89. The zero-order valence-electron chi connectivity index (χ0n) is 12.3. The first-order valence-corrected chi connectivity index (χ1v) is 6.79. The Morgan fingerprint density at radius 2 is 2.05 bits per heavy atom. The Labute approximate surface area is 121 Å². The van der Waals surface area contributed by atoms with E-state index >= 15 is 0 Å². The van der Waals surface area contributed by atoms with Crippen LogP contribution in [0, 0.1) is 20.8 Å². The summed E-state index contributed by atoms with van der Waals surface area (Å²) >= 11 is 0. The lowest BCUT2D eigenvalue weighted by molar-refractivity contribution is 0.863. The first-order chi connectivity index (χ1) is 10.1. The van der Waals surface area contributed by atoms with Gasteiger partial charge in [0.05, 0.1) is 0 Å². The number of nitrogens with zero attached hydrogens (tertiary/aromatic N) is 3. The zero-order chi connectivity index (χ0) is 15.0. The number of hydrogen-bond donors (Lipinski definition) is 2. The van der Waals surface area contributed by atoms with Gasteiger partial charge >= 0.3 is 0 Å². The summed E-state index contributed by atoms with van der Waals surface area (Å²) in [6, 6.07) is 6.09. The molecule has 0 aliphatic heterocycles. The van der Waals surface area contributed by atoms with Gasteiger partial charge in [-0.3, -0.25) is 9.89 Å². The number of anilines is 1. The summed E-state index contributed by atoms with van der Waals surface area (Å²) in [7, 11) is 0. The van der Waals surface area contributed by atoms with E-state index in [4.69, 9.17) is 0 Å². The van der Waals surface area contributed by atoms with Gasteiger partial charge in [0.1, 0.15) is 6.33 Å². The van der Waals surface area contributed by atoms with E-state index in [0.717, 1.165) is 11.3 Å². The van der Waals surface area contributed by atoms with Crippen molar-refractivity contribution in [2.75, 3.05) is 5.32 Å². The third kappa shape index (κ3) is 2.29. The zero-order valence-corrected chi connectivity index (χ0v) is 12.3. The number of benzene rings is 1. The molecule has 0 unspecified atom stereocenters. The van der Waals surface area contributed by atoms with Crippen molar-refractivity contribution in [2.45, 2.75) is 27.3 Å². The molecule has 3 aromatic rings. The summed E-state index contributed by atoms with van der Waals surface area (Å²) in [5.74, 6) is 0. The first kappa shape index (κ1) is 13.4. The number of aryl methyl sites for hydroxylation is 2. The maximum Gasteiger partial charge on any atom is 0.268 e. The van der Waals surface area contributed by atoms with Crippen LogP contribution in [-0.2, 0) is 6.54 Å². The Morgan fingerprint density at radius 3 is 2.86 bits per heavy atom.